The molecule has 1 aromatic heterocycles. The molecule has 0 amide bonds. The van der Waals surface area contributed by atoms with Crippen LogP contribution < -0.4 is 0 Å². The Morgan fingerprint density at radius 3 is 2.83 bits per heavy atom. The number of aryl methyl sites for hydroxylation is 1. The molecule has 2 aromatic rings. The summed E-state index contributed by atoms with van der Waals surface area (Å²) in [4.78, 5) is 10.9. The number of halogens is 2. The Hall–Kier alpha value is -1.88. The average molecular weight is 269 g/mol. The van der Waals surface area contributed by atoms with Gasteiger partial charge in [-0.15, -0.1) is 0 Å². The lowest BCUT2D eigenvalue weighted by Crippen LogP contribution is -2.02. The van der Waals surface area contributed by atoms with Gasteiger partial charge in [0.2, 0.25) is 0 Å². The molecular formula is C12H10ClFN2O2. The summed E-state index contributed by atoms with van der Waals surface area (Å²) in [5, 5.41) is 13.3. The molecular weight excluding hydrogens is 259 g/mol. The van der Waals surface area contributed by atoms with E-state index in [1.54, 1.807) is 4.68 Å². The Morgan fingerprint density at radius 2 is 2.22 bits per heavy atom. The minimum atomic E-state index is -1.19. The van der Waals surface area contributed by atoms with Crippen LogP contribution in [0.1, 0.15) is 17.3 Å². The highest BCUT2D eigenvalue weighted by atomic mass is 35.5. The van der Waals surface area contributed by atoms with Crippen LogP contribution in [0.3, 0.4) is 0 Å². The molecule has 0 atom stereocenters. The van der Waals surface area contributed by atoms with Gasteiger partial charge in [-0.05, 0) is 25.1 Å². The fraction of sp³-hybridized carbons (Fsp3) is 0.167. The van der Waals surface area contributed by atoms with E-state index in [4.69, 9.17) is 16.7 Å². The summed E-state index contributed by atoms with van der Waals surface area (Å²) >= 11 is 5.99. The van der Waals surface area contributed by atoms with Crippen LogP contribution >= 0.6 is 11.6 Å². The average Bonchev–Trinajstić information content (AvgIpc) is 2.69. The number of carboxylic acids is 1. The van der Waals surface area contributed by atoms with Crippen LogP contribution in [0.25, 0.3) is 11.3 Å². The zero-order valence-electron chi connectivity index (χ0n) is 9.52. The number of hydrogen-bond acceptors (Lipinski definition) is 2. The predicted octanol–water partition coefficient (Wildman–Crippen LogP) is 3.06. The molecule has 0 fully saturated rings. The molecule has 6 heteroatoms. The van der Waals surface area contributed by atoms with Gasteiger partial charge in [0.15, 0.2) is 0 Å². The Balaban J connectivity index is 2.63. The van der Waals surface area contributed by atoms with Crippen molar-refractivity contribution >= 4 is 17.6 Å². The SMILES string of the molecule is CCn1ncc(Cl)c1-c1cc(F)cc(C(=O)O)c1. The van der Waals surface area contributed by atoms with Crippen LogP contribution in [-0.4, -0.2) is 20.9 Å². The molecule has 94 valence electrons. The summed E-state index contributed by atoms with van der Waals surface area (Å²) in [6.07, 6.45) is 1.45. The van der Waals surface area contributed by atoms with Gasteiger partial charge in [-0.2, -0.15) is 5.10 Å². The van der Waals surface area contributed by atoms with E-state index in [-0.39, 0.29) is 5.56 Å². The lowest BCUT2D eigenvalue weighted by atomic mass is 10.1. The van der Waals surface area contributed by atoms with Gasteiger partial charge in [0.1, 0.15) is 5.82 Å². The summed E-state index contributed by atoms with van der Waals surface area (Å²) in [5.41, 5.74) is 0.794. The first kappa shape index (κ1) is 12.6. The third-order valence-electron chi connectivity index (χ3n) is 2.51. The van der Waals surface area contributed by atoms with Crippen LogP contribution in [0.15, 0.2) is 24.4 Å². The van der Waals surface area contributed by atoms with E-state index >= 15 is 0 Å². The number of benzene rings is 1. The normalized spacial score (nSPS) is 10.6. The topological polar surface area (TPSA) is 55.1 Å². The van der Waals surface area contributed by atoms with Crippen LogP contribution in [-0.2, 0) is 6.54 Å². The van der Waals surface area contributed by atoms with E-state index in [0.29, 0.717) is 22.8 Å². The van der Waals surface area contributed by atoms with Crippen LogP contribution in [0.5, 0.6) is 0 Å². The maximum absolute atomic E-state index is 13.4. The summed E-state index contributed by atoms with van der Waals surface area (Å²) in [7, 11) is 0. The molecule has 0 aliphatic carbocycles. The Morgan fingerprint density at radius 1 is 1.50 bits per heavy atom. The van der Waals surface area contributed by atoms with Crippen molar-refractivity contribution in [1.82, 2.24) is 9.78 Å². The maximum Gasteiger partial charge on any atom is 0.335 e. The molecule has 0 bridgehead atoms. The standard InChI is InChI=1S/C12H10ClFN2O2/c1-2-16-11(10(13)6-15-16)7-3-8(12(17)18)5-9(14)4-7/h3-6H,2H2,1H3,(H,17,18). The molecule has 0 aliphatic heterocycles. The summed E-state index contributed by atoms with van der Waals surface area (Å²) < 4.78 is 15.0. The van der Waals surface area contributed by atoms with Gasteiger partial charge in [0, 0.05) is 12.1 Å². The Kier molecular flexibility index (Phi) is 3.34. The second-order valence-electron chi connectivity index (χ2n) is 3.69. The van der Waals surface area contributed by atoms with E-state index in [9.17, 15) is 9.18 Å². The quantitative estimate of drug-likeness (QED) is 0.931. The zero-order chi connectivity index (χ0) is 13.3. The molecule has 0 aliphatic rings. The van der Waals surface area contributed by atoms with Crippen molar-refractivity contribution in [2.75, 3.05) is 0 Å². The first-order chi connectivity index (χ1) is 8.52. The number of aromatic carboxylic acids is 1. The molecule has 0 unspecified atom stereocenters. The minimum absolute atomic E-state index is 0.120. The smallest absolute Gasteiger partial charge is 0.335 e. The van der Waals surface area contributed by atoms with Crippen molar-refractivity contribution in [3.8, 4) is 11.3 Å². The summed E-state index contributed by atoms with van der Waals surface area (Å²) in [6, 6.07) is 3.58. The number of carboxylic acid groups (broad SMARTS) is 1. The molecule has 1 N–H and O–H groups in total. The summed E-state index contributed by atoms with van der Waals surface area (Å²) in [6.45, 7) is 2.42. The molecule has 1 aromatic carbocycles. The number of rotatable bonds is 3. The maximum atomic E-state index is 13.4. The van der Waals surface area contributed by atoms with E-state index < -0.39 is 11.8 Å². The number of hydrogen-bond donors (Lipinski definition) is 1. The first-order valence-electron chi connectivity index (χ1n) is 5.28. The van der Waals surface area contributed by atoms with Gasteiger partial charge in [0.25, 0.3) is 0 Å². The van der Waals surface area contributed by atoms with Gasteiger partial charge in [0.05, 0.1) is 22.5 Å². The largest absolute Gasteiger partial charge is 0.478 e. The van der Waals surface area contributed by atoms with Crippen molar-refractivity contribution in [2.45, 2.75) is 13.5 Å². The predicted molar refractivity (Wildman–Crippen MR) is 65.3 cm³/mol. The number of aromatic nitrogens is 2. The van der Waals surface area contributed by atoms with Crippen molar-refractivity contribution in [2.24, 2.45) is 0 Å². The van der Waals surface area contributed by atoms with E-state index in [2.05, 4.69) is 5.10 Å². The fourth-order valence-electron chi connectivity index (χ4n) is 1.74. The molecule has 0 radical (unpaired) electrons. The highest BCUT2D eigenvalue weighted by Crippen LogP contribution is 2.29. The first-order valence-corrected chi connectivity index (χ1v) is 5.66. The Bertz CT molecular complexity index is 610. The van der Waals surface area contributed by atoms with Crippen molar-refractivity contribution < 1.29 is 14.3 Å². The second kappa shape index (κ2) is 4.78. The van der Waals surface area contributed by atoms with Gasteiger partial charge in [-0.1, -0.05) is 11.6 Å². The lowest BCUT2D eigenvalue weighted by molar-refractivity contribution is 0.0696. The second-order valence-corrected chi connectivity index (χ2v) is 4.10. The number of carbonyl (C=O) groups is 1. The van der Waals surface area contributed by atoms with Crippen molar-refractivity contribution in [1.29, 1.82) is 0 Å². The van der Waals surface area contributed by atoms with Gasteiger partial charge in [-0.3, -0.25) is 4.68 Å². The van der Waals surface area contributed by atoms with Gasteiger partial charge >= 0.3 is 5.97 Å². The van der Waals surface area contributed by atoms with E-state index in [0.717, 1.165) is 6.07 Å². The zero-order valence-corrected chi connectivity index (χ0v) is 10.3. The molecule has 0 saturated heterocycles. The highest BCUT2D eigenvalue weighted by molar-refractivity contribution is 6.33. The van der Waals surface area contributed by atoms with Gasteiger partial charge in [-0.25, -0.2) is 9.18 Å². The van der Waals surface area contributed by atoms with Crippen LogP contribution in [0.2, 0.25) is 5.02 Å². The molecule has 0 saturated carbocycles. The number of nitrogens with zero attached hydrogens (tertiary/aromatic N) is 2. The van der Waals surface area contributed by atoms with Crippen LogP contribution in [0, 0.1) is 5.82 Å². The molecule has 1 heterocycles. The highest BCUT2D eigenvalue weighted by Gasteiger charge is 2.14. The van der Waals surface area contributed by atoms with Crippen molar-refractivity contribution in [3.05, 3.63) is 40.8 Å². The molecule has 0 spiro atoms. The van der Waals surface area contributed by atoms with Crippen LogP contribution in [0.4, 0.5) is 4.39 Å². The summed E-state index contributed by atoms with van der Waals surface area (Å²) in [5.74, 6) is -1.81. The Labute approximate surface area is 108 Å². The van der Waals surface area contributed by atoms with E-state index in [1.165, 1.54) is 18.3 Å². The van der Waals surface area contributed by atoms with Gasteiger partial charge < -0.3 is 5.11 Å². The molecule has 18 heavy (non-hydrogen) atoms. The fourth-order valence-corrected chi connectivity index (χ4v) is 1.99. The monoisotopic (exact) mass is 268 g/mol. The third kappa shape index (κ3) is 2.22. The van der Waals surface area contributed by atoms with E-state index in [1.807, 2.05) is 6.92 Å². The minimum Gasteiger partial charge on any atom is -0.478 e. The molecule has 4 nitrogen and oxygen atoms in total. The third-order valence-corrected chi connectivity index (χ3v) is 2.79. The van der Waals surface area contributed by atoms with Crippen molar-refractivity contribution in [3.63, 3.8) is 0 Å². The lowest BCUT2D eigenvalue weighted by Gasteiger charge is -2.07. The molecule has 2 rings (SSSR count).